The SMILES string of the molecule is CN(CCc1ccccc1)[C@H]1CCCN(C(=O)c2ncccc2O)C1. The van der Waals surface area contributed by atoms with Gasteiger partial charge in [0.2, 0.25) is 0 Å². The Morgan fingerprint density at radius 1 is 1.28 bits per heavy atom. The van der Waals surface area contributed by atoms with Gasteiger partial charge in [0.25, 0.3) is 5.91 Å². The maximum atomic E-state index is 12.7. The van der Waals surface area contributed by atoms with Gasteiger partial charge >= 0.3 is 0 Å². The van der Waals surface area contributed by atoms with Crippen LogP contribution in [0.25, 0.3) is 0 Å². The number of hydrogen-bond donors (Lipinski definition) is 1. The minimum atomic E-state index is -0.181. The molecular weight excluding hydrogens is 314 g/mol. The Bertz CT molecular complexity index is 705. The molecule has 0 spiro atoms. The predicted molar refractivity (Wildman–Crippen MR) is 97.6 cm³/mol. The Morgan fingerprint density at radius 3 is 2.84 bits per heavy atom. The van der Waals surface area contributed by atoms with Gasteiger partial charge in [-0.05, 0) is 44.0 Å². The number of nitrogens with zero attached hydrogens (tertiary/aromatic N) is 3. The number of rotatable bonds is 5. The van der Waals surface area contributed by atoms with Crippen molar-refractivity contribution in [1.29, 1.82) is 0 Å². The van der Waals surface area contributed by atoms with Gasteiger partial charge in [-0.1, -0.05) is 30.3 Å². The fourth-order valence-corrected chi connectivity index (χ4v) is 3.34. The number of likely N-dealkylation sites (N-methyl/N-ethyl adjacent to an activating group) is 1. The molecule has 5 nitrogen and oxygen atoms in total. The van der Waals surface area contributed by atoms with Crippen LogP contribution in [0.2, 0.25) is 0 Å². The summed E-state index contributed by atoms with van der Waals surface area (Å²) in [6, 6.07) is 13.9. The standard InChI is InChI=1S/C20H25N3O2/c1-22(14-11-16-7-3-2-4-8-16)17-9-6-13-23(15-17)20(25)19-18(24)10-5-12-21-19/h2-5,7-8,10,12,17,24H,6,9,11,13-15H2,1H3/t17-/m0/s1. The minimum Gasteiger partial charge on any atom is -0.505 e. The van der Waals surface area contributed by atoms with Crippen LogP contribution in [-0.2, 0) is 6.42 Å². The molecule has 0 aliphatic carbocycles. The summed E-state index contributed by atoms with van der Waals surface area (Å²) in [5, 5.41) is 9.88. The maximum absolute atomic E-state index is 12.7. The minimum absolute atomic E-state index is 0.0490. The van der Waals surface area contributed by atoms with E-state index in [4.69, 9.17) is 0 Å². The molecule has 3 rings (SSSR count). The molecule has 1 N–H and O–H groups in total. The molecule has 1 fully saturated rings. The molecule has 1 aromatic carbocycles. The van der Waals surface area contributed by atoms with Crippen LogP contribution in [0.3, 0.4) is 0 Å². The van der Waals surface area contributed by atoms with Gasteiger partial charge in [0, 0.05) is 31.9 Å². The van der Waals surface area contributed by atoms with E-state index in [1.165, 1.54) is 11.6 Å². The zero-order chi connectivity index (χ0) is 17.6. The summed E-state index contributed by atoms with van der Waals surface area (Å²) in [7, 11) is 2.12. The van der Waals surface area contributed by atoms with Crippen LogP contribution in [0.15, 0.2) is 48.7 Å². The van der Waals surface area contributed by atoms with E-state index in [0.29, 0.717) is 12.6 Å². The van der Waals surface area contributed by atoms with Gasteiger partial charge in [-0.3, -0.25) is 4.79 Å². The fourth-order valence-electron chi connectivity index (χ4n) is 3.34. The largest absolute Gasteiger partial charge is 0.505 e. The highest BCUT2D eigenvalue weighted by Crippen LogP contribution is 2.20. The van der Waals surface area contributed by atoms with Gasteiger partial charge in [-0.2, -0.15) is 0 Å². The molecule has 1 aliphatic rings. The molecular formula is C20H25N3O2. The second kappa shape index (κ2) is 8.12. The molecule has 132 valence electrons. The highest BCUT2D eigenvalue weighted by Gasteiger charge is 2.28. The van der Waals surface area contributed by atoms with E-state index in [2.05, 4.69) is 41.2 Å². The molecule has 2 aromatic rings. The first kappa shape index (κ1) is 17.4. The van der Waals surface area contributed by atoms with E-state index in [9.17, 15) is 9.90 Å². The summed E-state index contributed by atoms with van der Waals surface area (Å²) in [4.78, 5) is 20.9. The molecule has 0 bridgehead atoms. The molecule has 1 atom stereocenters. The van der Waals surface area contributed by atoms with Crippen molar-refractivity contribution in [3.63, 3.8) is 0 Å². The second-order valence-corrected chi connectivity index (χ2v) is 6.63. The number of aromatic nitrogens is 1. The topological polar surface area (TPSA) is 56.7 Å². The number of benzene rings is 1. The first-order valence-corrected chi connectivity index (χ1v) is 8.82. The van der Waals surface area contributed by atoms with E-state index < -0.39 is 0 Å². The Balaban J connectivity index is 1.59. The number of piperidine rings is 1. The van der Waals surface area contributed by atoms with E-state index in [1.807, 2.05) is 11.0 Å². The summed E-state index contributed by atoms with van der Waals surface area (Å²) in [5.74, 6) is -0.230. The van der Waals surface area contributed by atoms with Crippen molar-refractivity contribution in [2.75, 3.05) is 26.7 Å². The van der Waals surface area contributed by atoms with Crippen LogP contribution in [0.4, 0.5) is 0 Å². The summed E-state index contributed by atoms with van der Waals surface area (Å²) < 4.78 is 0. The normalized spacial score (nSPS) is 17.7. The lowest BCUT2D eigenvalue weighted by Crippen LogP contribution is -2.49. The van der Waals surface area contributed by atoms with Crippen molar-refractivity contribution in [3.05, 3.63) is 59.9 Å². The van der Waals surface area contributed by atoms with Crippen LogP contribution in [0.5, 0.6) is 5.75 Å². The summed E-state index contributed by atoms with van der Waals surface area (Å²) in [6.45, 7) is 2.36. The smallest absolute Gasteiger partial charge is 0.276 e. The van der Waals surface area contributed by atoms with E-state index in [-0.39, 0.29) is 17.4 Å². The zero-order valence-electron chi connectivity index (χ0n) is 14.6. The Labute approximate surface area is 148 Å². The molecule has 0 unspecified atom stereocenters. The van der Waals surface area contributed by atoms with Gasteiger partial charge in [0.15, 0.2) is 5.69 Å². The van der Waals surface area contributed by atoms with Crippen LogP contribution in [0.1, 0.15) is 28.9 Å². The molecule has 1 aliphatic heterocycles. The lowest BCUT2D eigenvalue weighted by atomic mass is 10.0. The van der Waals surface area contributed by atoms with Crippen LogP contribution in [-0.4, -0.2) is 58.5 Å². The van der Waals surface area contributed by atoms with E-state index in [1.54, 1.807) is 12.3 Å². The molecule has 0 saturated carbocycles. The van der Waals surface area contributed by atoms with Crippen LogP contribution in [0, 0.1) is 0 Å². The van der Waals surface area contributed by atoms with E-state index in [0.717, 1.165) is 32.4 Å². The monoisotopic (exact) mass is 339 g/mol. The van der Waals surface area contributed by atoms with Crippen molar-refractivity contribution >= 4 is 5.91 Å². The van der Waals surface area contributed by atoms with Crippen molar-refractivity contribution in [1.82, 2.24) is 14.8 Å². The molecule has 0 radical (unpaired) electrons. The first-order chi connectivity index (χ1) is 12.1. The number of aromatic hydroxyl groups is 1. The van der Waals surface area contributed by atoms with Crippen molar-refractivity contribution in [3.8, 4) is 5.75 Å². The number of likely N-dealkylation sites (tertiary alicyclic amines) is 1. The molecule has 25 heavy (non-hydrogen) atoms. The van der Waals surface area contributed by atoms with Crippen LogP contribution < -0.4 is 0 Å². The van der Waals surface area contributed by atoms with Gasteiger partial charge in [-0.25, -0.2) is 4.98 Å². The number of pyridine rings is 1. The Kier molecular flexibility index (Phi) is 5.66. The molecule has 2 heterocycles. The fraction of sp³-hybridized carbons (Fsp3) is 0.400. The lowest BCUT2D eigenvalue weighted by molar-refractivity contribution is 0.0603. The molecule has 1 amide bonds. The van der Waals surface area contributed by atoms with Crippen molar-refractivity contribution in [2.24, 2.45) is 0 Å². The average Bonchev–Trinajstić information content (AvgIpc) is 2.67. The number of amides is 1. The number of carbonyl (C=O) groups excluding carboxylic acids is 1. The van der Waals surface area contributed by atoms with Gasteiger partial charge < -0.3 is 14.9 Å². The predicted octanol–water partition coefficient (Wildman–Crippen LogP) is 2.57. The highest BCUT2D eigenvalue weighted by molar-refractivity contribution is 5.94. The van der Waals surface area contributed by atoms with Crippen molar-refractivity contribution in [2.45, 2.75) is 25.3 Å². The van der Waals surface area contributed by atoms with Gasteiger partial charge in [-0.15, -0.1) is 0 Å². The van der Waals surface area contributed by atoms with Gasteiger partial charge in [0.1, 0.15) is 5.75 Å². The third kappa shape index (κ3) is 4.37. The summed E-state index contributed by atoms with van der Waals surface area (Å²) in [6.07, 6.45) is 4.60. The third-order valence-corrected chi connectivity index (χ3v) is 4.89. The Hall–Kier alpha value is -2.40. The maximum Gasteiger partial charge on any atom is 0.276 e. The zero-order valence-corrected chi connectivity index (χ0v) is 14.6. The highest BCUT2D eigenvalue weighted by atomic mass is 16.3. The van der Waals surface area contributed by atoms with Crippen LogP contribution >= 0.6 is 0 Å². The number of hydrogen-bond acceptors (Lipinski definition) is 4. The molecule has 5 heteroatoms. The summed E-state index contributed by atoms with van der Waals surface area (Å²) >= 11 is 0. The molecule has 1 saturated heterocycles. The quantitative estimate of drug-likeness (QED) is 0.910. The van der Waals surface area contributed by atoms with Crippen molar-refractivity contribution < 1.29 is 9.90 Å². The van der Waals surface area contributed by atoms with E-state index >= 15 is 0 Å². The average molecular weight is 339 g/mol. The van der Waals surface area contributed by atoms with Gasteiger partial charge in [0.05, 0.1) is 0 Å². The lowest BCUT2D eigenvalue weighted by Gasteiger charge is -2.37. The third-order valence-electron chi connectivity index (χ3n) is 4.89. The second-order valence-electron chi connectivity index (χ2n) is 6.63. The number of carbonyl (C=O) groups is 1. The molecule has 1 aromatic heterocycles. The Morgan fingerprint density at radius 2 is 2.08 bits per heavy atom. The summed E-state index contributed by atoms with van der Waals surface area (Å²) in [5.41, 5.74) is 1.48. The first-order valence-electron chi connectivity index (χ1n) is 8.82.